The molecule has 0 aromatic heterocycles. The minimum atomic E-state index is -1.34. The van der Waals surface area contributed by atoms with Gasteiger partial charge in [-0.25, -0.2) is 9.18 Å². The molecule has 0 aliphatic heterocycles. The summed E-state index contributed by atoms with van der Waals surface area (Å²) < 4.78 is 19.4. The van der Waals surface area contributed by atoms with E-state index in [0.29, 0.717) is 17.3 Å². The van der Waals surface area contributed by atoms with Crippen LogP contribution in [0.2, 0.25) is 5.02 Å². The molecule has 3 N–H and O–H groups in total. The van der Waals surface area contributed by atoms with Crippen molar-refractivity contribution >= 4 is 17.6 Å². The van der Waals surface area contributed by atoms with Crippen LogP contribution in [-0.2, 0) is 12.8 Å². The van der Waals surface area contributed by atoms with Gasteiger partial charge in [-0.15, -0.1) is 0 Å². The maximum atomic E-state index is 13.6. The number of benzene rings is 3. The highest BCUT2D eigenvalue weighted by molar-refractivity contribution is 6.30. The van der Waals surface area contributed by atoms with E-state index in [0.717, 1.165) is 36.5 Å². The first-order valence-corrected chi connectivity index (χ1v) is 10.8. The number of hydrogen-bond acceptors (Lipinski definition) is 4. The Hall–Kier alpha value is -2.93. The first-order valence-electron chi connectivity index (χ1n) is 10.4. The number of aromatic carboxylic acids is 1. The Balaban J connectivity index is 1.41. The zero-order valence-electron chi connectivity index (χ0n) is 17.2. The van der Waals surface area contributed by atoms with E-state index in [4.69, 9.17) is 21.4 Å². The molecule has 0 bridgehead atoms. The highest BCUT2D eigenvalue weighted by atomic mass is 35.5. The highest BCUT2D eigenvalue weighted by Crippen LogP contribution is 2.30. The number of aliphatic hydroxyl groups excluding tert-OH is 1. The molecular weight excluding hydrogens is 433 g/mol. The molecular formula is C25H23ClFNO4. The van der Waals surface area contributed by atoms with E-state index in [1.54, 1.807) is 12.1 Å². The van der Waals surface area contributed by atoms with Crippen LogP contribution >= 0.6 is 11.6 Å². The van der Waals surface area contributed by atoms with Gasteiger partial charge in [0.1, 0.15) is 17.3 Å². The summed E-state index contributed by atoms with van der Waals surface area (Å²) >= 11 is 6.01. The van der Waals surface area contributed by atoms with Crippen LogP contribution in [-0.4, -0.2) is 28.8 Å². The number of halogens is 2. The lowest BCUT2D eigenvalue weighted by molar-refractivity contribution is 0.0691. The minimum Gasteiger partial charge on any atom is -0.478 e. The van der Waals surface area contributed by atoms with Crippen LogP contribution in [0.4, 0.5) is 4.39 Å². The summed E-state index contributed by atoms with van der Waals surface area (Å²) in [6, 6.07) is 16.8. The maximum Gasteiger partial charge on any atom is 0.338 e. The fraction of sp³-hybridized carbons (Fsp3) is 0.240. The maximum absolute atomic E-state index is 13.6. The van der Waals surface area contributed by atoms with E-state index >= 15 is 0 Å². The van der Waals surface area contributed by atoms with E-state index in [1.807, 2.05) is 30.3 Å². The minimum absolute atomic E-state index is 0.205. The van der Waals surface area contributed by atoms with Crippen molar-refractivity contribution in [1.82, 2.24) is 5.32 Å². The highest BCUT2D eigenvalue weighted by Gasteiger charge is 2.20. The number of carboxylic acids is 1. The molecule has 3 aromatic carbocycles. The van der Waals surface area contributed by atoms with Crippen LogP contribution in [0.15, 0.2) is 60.7 Å². The zero-order chi connectivity index (χ0) is 22.7. The quantitative estimate of drug-likeness (QED) is 0.459. The summed E-state index contributed by atoms with van der Waals surface area (Å²) in [6.45, 7) is 0.421. The SMILES string of the molecule is O=C(O)c1cc(Oc2ccc3c(c2)C[C@@H](NC[C@H](O)c2cccc(Cl)c2)CC3)ccc1F. The number of hydrogen-bond donors (Lipinski definition) is 3. The van der Waals surface area contributed by atoms with Crippen molar-refractivity contribution in [1.29, 1.82) is 0 Å². The van der Waals surface area contributed by atoms with Crippen LogP contribution in [0.25, 0.3) is 0 Å². The van der Waals surface area contributed by atoms with Gasteiger partial charge in [0.25, 0.3) is 0 Å². The molecule has 32 heavy (non-hydrogen) atoms. The van der Waals surface area contributed by atoms with Crippen molar-refractivity contribution in [2.24, 2.45) is 0 Å². The Labute approximate surface area is 190 Å². The molecule has 0 amide bonds. The Morgan fingerprint density at radius 2 is 1.91 bits per heavy atom. The van der Waals surface area contributed by atoms with Gasteiger partial charge < -0.3 is 20.3 Å². The lowest BCUT2D eigenvalue weighted by Crippen LogP contribution is -2.37. The molecule has 3 aromatic rings. The largest absolute Gasteiger partial charge is 0.478 e. The summed E-state index contributed by atoms with van der Waals surface area (Å²) in [5.41, 5.74) is 2.71. The lowest BCUT2D eigenvalue weighted by Gasteiger charge is -2.27. The third-order valence-corrected chi connectivity index (χ3v) is 5.88. The Bertz CT molecular complexity index is 1140. The molecule has 0 fully saturated rings. The van der Waals surface area contributed by atoms with Crippen LogP contribution in [0.1, 0.15) is 39.6 Å². The predicted molar refractivity (Wildman–Crippen MR) is 120 cm³/mol. The molecule has 4 rings (SSSR count). The van der Waals surface area contributed by atoms with Gasteiger partial charge >= 0.3 is 5.97 Å². The average molecular weight is 456 g/mol. The molecule has 0 saturated carbocycles. The standard InChI is InChI=1S/C25H23ClFNO4/c26-18-3-1-2-16(10-18)24(29)14-28-19-6-4-15-5-7-20(12-17(15)11-19)32-21-8-9-23(27)22(13-21)25(30)31/h1-3,5,7-10,12-13,19,24,28-29H,4,6,11,14H2,(H,30,31)/t19-,24-/m0/s1. The second kappa shape index (κ2) is 9.69. The van der Waals surface area contributed by atoms with Crippen molar-refractivity contribution in [3.05, 3.63) is 93.8 Å². The molecule has 5 nitrogen and oxygen atoms in total. The van der Waals surface area contributed by atoms with Crippen molar-refractivity contribution in [3.63, 3.8) is 0 Å². The normalized spacial score (nSPS) is 16.3. The third-order valence-electron chi connectivity index (χ3n) is 5.64. The molecule has 0 unspecified atom stereocenters. The number of ether oxygens (including phenoxy) is 1. The molecule has 1 aliphatic carbocycles. The van der Waals surface area contributed by atoms with Gasteiger partial charge in [-0.3, -0.25) is 0 Å². The number of nitrogens with one attached hydrogen (secondary N) is 1. The molecule has 166 valence electrons. The van der Waals surface area contributed by atoms with E-state index < -0.39 is 23.5 Å². The van der Waals surface area contributed by atoms with Gasteiger partial charge in [0.05, 0.1) is 11.7 Å². The number of carboxylic acid groups (broad SMARTS) is 1. The van der Waals surface area contributed by atoms with Gasteiger partial charge in [0.2, 0.25) is 0 Å². The summed E-state index contributed by atoms with van der Waals surface area (Å²) in [6.07, 6.45) is 1.99. The summed E-state index contributed by atoms with van der Waals surface area (Å²) in [5, 5.41) is 23.6. The average Bonchev–Trinajstić information content (AvgIpc) is 2.78. The van der Waals surface area contributed by atoms with Crippen LogP contribution in [0.3, 0.4) is 0 Å². The first kappa shape index (κ1) is 22.3. The van der Waals surface area contributed by atoms with Gasteiger partial charge in [-0.2, -0.15) is 0 Å². The van der Waals surface area contributed by atoms with Crippen molar-refractivity contribution in [2.45, 2.75) is 31.4 Å². The van der Waals surface area contributed by atoms with E-state index in [9.17, 15) is 14.3 Å². The molecule has 0 heterocycles. The van der Waals surface area contributed by atoms with Crippen LogP contribution < -0.4 is 10.1 Å². The van der Waals surface area contributed by atoms with Crippen molar-refractivity contribution in [2.75, 3.05) is 6.54 Å². The van der Waals surface area contributed by atoms with E-state index in [2.05, 4.69) is 5.32 Å². The second-order valence-corrected chi connectivity index (χ2v) is 8.33. The molecule has 2 atom stereocenters. The number of fused-ring (bicyclic) bond motifs is 1. The van der Waals surface area contributed by atoms with E-state index in [-0.39, 0.29) is 11.8 Å². The van der Waals surface area contributed by atoms with Gasteiger partial charge in [0, 0.05) is 17.6 Å². The van der Waals surface area contributed by atoms with E-state index in [1.165, 1.54) is 17.7 Å². The monoisotopic (exact) mass is 455 g/mol. The topological polar surface area (TPSA) is 78.8 Å². The molecule has 7 heteroatoms. The van der Waals surface area contributed by atoms with Gasteiger partial charge in [-0.05, 0) is 78.4 Å². The smallest absolute Gasteiger partial charge is 0.338 e. The number of aryl methyl sites for hydroxylation is 1. The number of carbonyl (C=O) groups is 1. The molecule has 0 radical (unpaired) electrons. The zero-order valence-corrected chi connectivity index (χ0v) is 18.0. The van der Waals surface area contributed by atoms with Crippen LogP contribution in [0.5, 0.6) is 11.5 Å². The second-order valence-electron chi connectivity index (χ2n) is 7.90. The molecule has 0 saturated heterocycles. The van der Waals surface area contributed by atoms with Crippen molar-refractivity contribution < 1.29 is 24.1 Å². The third kappa shape index (κ3) is 5.27. The van der Waals surface area contributed by atoms with Crippen molar-refractivity contribution in [3.8, 4) is 11.5 Å². The molecule has 1 aliphatic rings. The summed E-state index contributed by atoms with van der Waals surface area (Å²) in [7, 11) is 0. The Morgan fingerprint density at radius 3 is 2.69 bits per heavy atom. The molecule has 0 spiro atoms. The lowest BCUT2D eigenvalue weighted by atomic mass is 9.88. The van der Waals surface area contributed by atoms with Gasteiger partial charge in [0.15, 0.2) is 0 Å². The predicted octanol–water partition coefficient (Wildman–Crippen LogP) is 5.15. The first-order chi connectivity index (χ1) is 15.4. The fourth-order valence-electron chi connectivity index (χ4n) is 3.95. The summed E-state index contributed by atoms with van der Waals surface area (Å²) in [4.78, 5) is 11.1. The Morgan fingerprint density at radius 1 is 1.12 bits per heavy atom. The number of aliphatic hydroxyl groups is 1. The summed E-state index contributed by atoms with van der Waals surface area (Å²) in [5.74, 6) is -1.32. The number of rotatable bonds is 7. The van der Waals surface area contributed by atoms with Crippen LogP contribution in [0, 0.1) is 5.82 Å². The fourth-order valence-corrected chi connectivity index (χ4v) is 4.15. The van der Waals surface area contributed by atoms with Gasteiger partial charge in [-0.1, -0.05) is 29.8 Å². The Kier molecular flexibility index (Phi) is 6.74.